The summed E-state index contributed by atoms with van der Waals surface area (Å²) in [6.07, 6.45) is 6.19. The van der Waals surface area contributed by atoms with Crippen LogP contribution < -0.4 is 10.6 Å². The fraction of sp³-hybridized carbons (Fsp3) is 0.562. The highest BCUT2D eigenvalue weighted by atomic mass is 16.2. The number of nitrogens with two attached hydrogens (primary N) is 1. The van der Waals surface area contributed by atoms with Crippen LogP contribution in [0.25, 0.3) is 0 Å². The van der Waals surface area contributed by atoms with Crippen LogP contribution in [-0.4, -0.2) is 18.5 Å². The molecule has 3 rings (SSSR count). The zero-order valence-corrected chi connectivity index (χ0v) is 11.3. The van der Waals surface area contributed by atoms with Gasteiger partial charge in [0.25, 0.3) is 0 Å². The summed E-state index contributed by atoms with van der Waals surface area (Å²) >= 11 is 0. The summed E-state index contributed by atoms with van der Waals surface area (Å²) in [7, 11) is 0. The van der Waals surface area contributed by atoms with E-state index < -0.39 is 0 Å². The van der Waals surface area contributed by atoms with Crippen LogP contribution in [0.3, 0.4) is 0 Å². The second-order valence-electron chi connectivity index (χ2n) is 5.82. The van der Waals surface area contributed by atoms with E-state index >= 15 is 0 Å². The lowest BCUT2D eigenvalue weighted by atomic mass is 9.97. The quantitative estimate of drug-likeness (QED) is 0.905. The molecule has 2 unspecified atom stereocenters. The Kier molecular flexibility index (Phi) is 3.56. The Balaban J connectivity index is 1.71. The van der Waals surface area contributed by atoms with E-state index in [0.29, 0.717) is 18.4 Å². The highest BCUT2D eigenvalue weighted by Crippen LogP contribution is 2.31. The number of carbonyl (C=O) groups excluding carboxylic acids is 1. The molecular weight excluding hydrogens is 236 g/mol. The number of nitrogens with zero attached hydrogens (tertiary/aromatic N) is 1. The van der Waals surface area contributed by atoms with E-state index in [0.717, 1.165) is 31.5 Å². The lowest BCUT2D eigenvalue weighted by Crippen LogP contribution is -2.37. The molecule has 0 bridgehead atoms. The predicted molar refractivity (Wildman–Crippen MR) is 77.0 cm³/mol. The van der Waals surface area contributed by atoms with Gasteiger partial charge in [-0.3, -0.25) is 4.79 Å². The molecule has 1 aliphatic carbocycles. The van der Waals surface area contributed by atoms with E-state index in [4.69, 9.17) is 5.73 Å². The van der Waals surface area contributed by atoms with Gasteiger partial charge < -0.3 is 10.6 Å². The smallest absolute Gasteiger partial charge is 0.227 e. The van der Waals surface area contributed by atoms with Crippen molar-refractivity contribution in [3.8, 4) is 0 Å². The molecule has 1 heterocycles. The van der Waals surface area contributed by atoms with Crippen LogP contribution in [0.2, 0.25) is 0 Å². The maximum atomic E-state index is 12.1. The number of hydrogen-bond donors (Lipinski definition) is 1. The molecule has 3 heteroatoms. The number of fused-ring (bicyclic) bond motifs is 1. The molecule has 1 saturated carbocycles. The third-order valence-corrected chi connectivity index (χ3v) is 4.63. The molecule has 1 aromatic carbocycles. The van der Waals surface area contributed by atoms with Crippen molar-refractivity contribution >= 4 is 11.6 Å². The number of anilines is 1. The second-order valence-corrected chi connectivity index (χ2v) is 5.82. The van der Waals surface area contributed by atoms with E-state index in [1.807, 2.05) is 11.0 Å². The van der Waals surface area contributed by atoms with Gasteiger partial charge in [-0.2, -0.15) is 0 Å². The molecule has 102 valence electrons. The summed E-state index contributed by atoms with van der Waals surface area (Å²) in [5.74, 6) is 0.868. The first-order chi connectivity index (χ1) is 9.25. The third-order valence-electron chi connectivity index (χ3n) is 4.63. The Morgan fingerprint density at radius 1 is 1.21 bits per heavy atom. The molecule has 3 nitrogen and oxygen atoms in total. The summed E-state index contributed by atoms with van der Waals surface area (Å²) in [4.78, 5) is 14.1. The van der Waals surface area contributed by atoms with Crippen molar-refractivity contribution in [2.45, 2.75) is 44.6 Å². The molecule has 1 amide bonds. The van der Waals surface area contributed by atoms with Gasteiger partial charge in [0.1, 0.15) is 0 Å². The number of rotatable bonds is 3. The largest absolute Gasteiger partial charge is 0.327 e. The molecule has 19 heavy (non-hydrogen) atoms. The monoisotopic (exact) mass is 258 g/mol. The van der Waals surface area contributed by atoms with Gasteiger partial charge in [-0.1, -0.05) is 24.6 Å². The Morgan fingerprint density at radius 2 is 2.05 bits per heavy atom. The summed E-state index contributed by atoms with van der Waals surface area (Å²) in [5.41, 5.74) is 8.54. The first-order valence-electron chi connectivity index (χ1n) is 7.39. The minimum Gasteiger partial charge on any atom is -0.327 e. The summed E-state index contributed by atoms with van der Waals surface area (Å²) in [5, 5.41) is 0. The Labute approximate surface area is 114 Å². The van der Waals surface area contributed by atoms with E-state index in [1.54, 1.807) is 0 Å². The highest BCUT2D eigenvalue weighted by Gasteiger charge is 2.27. The maximum absolute atomic E-state index is 12.1. The Morgan fingerprint density at radius 3 is 2.84 bits per heavy atom. The first-order valence-corrected chi connectivity index (χ1v) is 7.39. The van der Waals surface area contributed by atoms with Crippen molar-refractivity contribution in [3.63, 3.8) is 0 Å². The molecule has 2 aliphatic rings. The maximum Gasteiger partial charge on any atom is 0.227 e. The minimum atomic E-state index is 0.269. The second kappa shape index (κ2) is 5.33. The molecule has 0 aromatic heterocycles. The molecular formula is C16H22N2O. The fourth-order valence-electron chi connectivity index (χ4n) is 3.46. The predicted octanol–water partition coefficient (Wildman–Crippen LogP) is 2.48. The topological polar surface area (TPSA) is 46.3 Å². The number of para-hydroxylation sites is 1. The van der Waals surface area contributed by atoms with Gasteiger partial charge in [-0.25, -0.2) is 0 Å². The number of hydrogen-bond acceptors (Lipinski definition) is 2. The molecule has 1 aliphatic heterocycles. The van der Waals surface area contributed by atoms with E-state index in [9.17, 15) is 4.79 Å². The average molecular weight is 258 g/mol. The molecule has 0 saturated heterocycles. The standard InChI is InChI=1S/C16H22N2O/c17-14-6-3-5-12(14)10-11-18-15-7-2-1-4-13(15)8-9-16(18)19/h1-2,4,7,12,14H,3,5-6,8-11,17H2. The Bertz CT molecular complexity index is 472. The van der Waals surface area contributed by atoms with Crippen molar-refractivity contribution in [2.24, 2.45) is 11.7 Å². The van der Waals surface area contributed by atoms with Crippen LogP contribution in [0, 0.1) is 5.92 Å². The third kappa shape index (κ3) is 2.52. The van der Waals surface area contributed by atoms with Gasteiger partial charge >= 0.3 is 0 Å². The minimum absolute atomic E-state index is 0.269. The van der Waals surface area contributed by atoms with Crippen LogP contribution in [0.15, 0.2) is 24.3 Å². The molecule has 2 atom stereocenters. The van der Waals surface area contributed by atoms with E-state index in [-0.39, 0.29) is 5.91 Å². The normalized spacial score (nSPS) is 26.6. The van der Waals surface area contributed by atoms with Gasteiger partial charge in [0.05, 0.1) is 0 Å². The summed E-state index contributed by atoms with van der Waals surface area (Å²) < 4.78 is 0. The van der Waals surface area contributed by atoms with Crippen LogP contribution in [0.4, 0.5) is 5.69 Å². The molecule has 2 N–H and O–H groups in total. The van der Waals surface area contributed by atoms with Crippen molar-refractivity contribution < 1.29 is 4.79 Å². The number of benzene rings is 1. The number of aryl methyl sites for hydroxylation is 1. The van der Waals surface area contributed by atoms with Crippen LogP contribution >= 0.6 is 0 Å². The average Bonchev–Trinajstić information content (AvgIpc) is 2.83. The number of amides is 1. The van der Waals surface area contributed by atoms with E-state index in [1.165, 1.54) is 18.4 Å². The van der Waals surface area contributed by atoms with Gasteiger partial charge in [0.2, 0.25) is 5.91 Å². The molecule has 0 spiro atoms. The first kappa shape index (κ1) is 12.7. The zero-order chi connectivity index (χ0) is 13.2. The van der Waals surface area contributed by atoms with Crippen molar-refractivity contribution in [1.82, 2.24) is 0 Å². The van der Waals surface area contributed by atoms with Crippen LogP contribution in [-0.2, 0) is 11.2 Å². The Hall–Kier alpha value is -1.35. The molecule has 0 radical (unpaired) electrons. The SMILES string of the molecule is NC1CCCC1CCN1C(=O)CCc2ccccc21. The van der Waals surface area contributed by atoms with Gasteiger partial charge in [-0.15, -0.1) is 0 Å². The van der Waals surface area contributed by atoms with Gasteiger partial charge in [0, 0.05) is 24.7 Å². The van der Waals surface area contributed by atoms with Gasteiger partial charge in [0.15, 0.2) is 0 Å². The lowest BCUT2D eigenvalue weighted by Gasteiger charge is -2.30. The van der Waals surface area contributed by atoms with Crippen molar-refractivity contribution in [2.75, 3.05) is 11.4 Å². The fourth-order valence-corrected chi connectivity index (χ4v) is 3.46. The zero-order valence-electron chi connectivity index (χ0n) is 11.3. The summed E-state index contributed by atoms with van der Waals surface area (Å²) in [6.45, 7) is 0.828. The van der Waals surface area contributed by atoms with Crippen LogP contribution in [0.1, 0.15) is 37.7 Å². The molecule has 1 aromatic rings. The number of carbonyl (C=O) groups is 1. The molecule has 1 fully saturated rings. The van der Waals surface area contributed by atoms with E-state index in [2.05, 4.69) is 18.2 Å². The summed E-state index contributed by atoms with van der Waals surface area (Å²) in [6, 6.07) is 8.62. The van der Waals surface area contributed by atoms with Gasteiger partial charge in [-0.05, 0) is 43.2 Å². The highest BCUT2D eigenvalue weighted by molar-refractivity contribution is 5.96. The van der Waals surface area contributed by atoms with Crippen LogP contribution in [0.5, 0.6) is 0 Å². The van der Waals surface area contributed by atoms with Crippen molar-refractivity contribution in [1.29, 1.82) is 0 Å². The van der Waals surface area contributed by atoms with Crippen molar-refractivity contribution in [3.05, 3.63) is 29.8 Å². The lowest BCUT2D eigenvalue weighted by molar-refractivity contribution is -0.118.